The maximum Gasteiger partial charge on any atom is 0.251 e. The van der Waals surface area contributed by atoms with Crippen LogP contribution in [-0.2, 0) is 4.79 Å². The maximum atomic E-state index is 12.5. The Bertz CT molecular complexity index is 1000. The van der Waals surface area contributed by atoms with E-state index in [1.54, 1.807) is 0 Å². The van der Waals surface area contributed by atoms with Gasteiger partial charge in [-0.15, -0.1) is 0 Å². The highest BCUT2D eigenvalue weighted by Crippen LogP contribution is 2.38. The van der Waals surface area contributed by atoms with Crippen LogP contribution in [-0.4, -0.2) is 39.7 Å². The van der Waals surface area contributed by atoms with Gasteiger partial charge in [-0.25, -0.2) is 0 Å². The Balaban J connectivity index is 1.62. The fourth-order valence-electron chi connectivity index (χ4n) is 3.05. The Hall–Kier alpha value is -3.68. The van der Waals surface area contributed by atoms with E-state index in [0.717, 1.165) is 11.0 Å². The highest BCUT2D eigenvalue weighted by Gasteiger charge is 2.18. The van der Waals surface area contributed by atoms with E-state index in [1.807, 2.05) is 37.3 Å². The van der Waals surface area contributed by atoms with Crippen molar-refractivity contribution >= 4 is 22.8 Å². The summed E-state index contributed by atoms with van der Waals surface area (Å²) in [7, 11) is 4.41. The molecule has 0 aliphatic rings. The summed E-state index contributed by atoms with van der Waals surface area (Å²) in [5.74, 6) is 0.939. The Morgan fingerprint density at radius 3 is 2.27 bits per heavy atom. The van der Waals surface area contributed by atoms with Gasteiger partial charge in [0.25, 0.3) is 5.91 Å². The minimum Gasteiger partial charge on any atom is -0.493 e. The number of ether oxygens (including phenoxy) is 3. The molecule has 0 spiro atoms. The van der Waals surface area contributed by atoms with Gasteiger partial charge in [0.05, 0.1) is 33.9 Å². The minimum atomic E-state index is -0.444. The first-order valence-electron chi connectivity index (χ1n) is 9.32. The van der Waals surface area contributed by atoms with Crippen molar-refractivity contribution in [1.82, 2.24) is 10.6 Å². The molecule has 0 unspecified atom stereocenters. The molecule has 3 rings (SSSR count). The van der Waals surface area contributed by atoms with E-state index >= 15 is 0 Å². The van der Waals surface area contributed by atoms with Crippen LogP contribution in [0.3, 0.4) is 0 Å². The zero-order chi connectivity index (χ0) is 21.7. The Labute approximate surface area is 174 Å². The lowest BCUT2D eigenvalue weighted by molar-refractivity contribution is -0.120. The Morgan fingerprint density at radius 2 is 1.67 bits per heavy atom. The van der Waals surface area contributed by atoms with Gasteiger partial charge in [-0.05, 0) is 31.2 Å². The van der Waals surface area contributed by atoms with Crippen molar-refractivity contribution in [2.24, 2.45) is 0 Å². The van der Waals surface area contributed by atoms with Gasteiger partial charge in [0.2, 0.25) is 11.7 Å². The molecule has 0 fully saturated rings. The zero-order valence-corrected chi connectivity index (χ0v) is 17.3. The van der Waals surface area contributed by atoms with Gasteiger partial charge in [0.1, 0.15) is 11.3 Å². The summed E-state index contributed by atoms with van der Waals surface area (Å²) in [5, 5.41) is 6.36. The molecule has 3 aromatic rings. The third-order valence-corrected chi connectivity index (χ3v) is 4.59. The fraction of sp³-hybridized carbons (Fsp3) is 0.273. The third-order valence-electron chi connectivity index (χ3n) is 4.59. The van der Waals surface area contributed by atoms with E-state index in [4.69, 9.17) is 18.6 Å². The number of amides is 2. The van der Waals surface area contributed by atoms with Gasteiger partial charge < -0.3 is 29.3 Å². The number of benzene rings is 2. The van der Waals surface area contributed by atoms with Crippen molar-refractivity contribution in [2.75, 3.05) is 27.9 Å². The van der Waals surface area contributed by atoms with Crippen molar-refractivity contribution in [1.29, 1.82) is 0 Å². The lowest BCUT2D eigenvalue weighted by Gasteiger charge is -2.14. The number of hydrogen-bond acceptors (Lipinski definition) is 6. The number of rotatable bonds is 8. The van der Waals surface area contributed by atoms with Crippen LogP contribution in [0, 0.1) is 0 Å². The molecule has 0 radical (unpaired) electrons. The summed E-state index contributed by atoms with van der Waals surface area (Å²) in [4.78, 5) is 24.8. The smallest absolute Gasteiger partial charge is 0.251 e. The number of methoxy groups -OCH3 is 3. The van der Waals surface area contributed by atoms with Crippen LogP contribution in [0.4, 0.5) is 0 Å². The second-order valence-electron chi connectivity index (χ2n) is 6.57. The first-order chi connectivity index (χ1) is 14.5. The van der Waals surface area contributed by atoms with Gasteiger partial charge in [0.15, 0.2) is 11.5 Å². The monoisotopic (exact) mass is 412 g/mol. The molecule has 1 heterocycles. The lowest BCUT2D eigenvalue weighted by atomic mass is 10.1. The van der Waals surface area contributed by atoms with Crippen LogP contribution in [0.25, 0.3) is 11.0 Å². The summed E-state index contributed by atoms with van der Waals surface area (Å²) in [6.45, 7) is 1.62. The van der Waals surface area contributed by atoms with Crippen molar-refractivity contribution in [3.63, 3.8) is 0 Å². The van der Waals surface area contributed by atoms with Crippen LogP contribution < -0.4 is 24.8 Å². The molecule has 2 aromatic carbocycles. The molecular weight excluding hydrogens is 388 g/mol. The first-order valence-corrected chi connectivity index (χ1v) is 9.32. The number of hydrogen-bond donors (Lipinski definition) is 2. The number of fused-ring (bicyclic) bond motifs is 1. The molecule has 1 atom stereocenters. The molecule has 0 aliphatic carbocycles. The van der Waals surface area contributed by atoms with Gasteiger partial charge >= 0.3 is 0 Å². The SMILES string of the molecule is COc1cc(C(=O)NCC(=O)N[C@H](C)c2cc3ccccc3o2)cc(OC)c1OC. The predicted octanol–water partition coefficient (Wildman–Crippen LogP) is 3.07. The molecule has 8 heteroatoms. The van der Waals surface area contributed by atoms with Crippen LogP contribution in [0.1, 0.15) is 29.1 Å². The fourth-order valence-corrected chi connectivity index (χ4v) is 3.05. The number of carbonyl (C=O) groups is 2. The van der Waals surface area contributed by atoms with Gasteiger partial charge in [-0.2, -0.15) is 0 Å². The molecule has 2 N–H and O–H groups in total. The van der Waals surface area contributed by atoms with Crippen molar-refractivity contribution in [3.8, 4) is 17.2 Å². The highest BCUT2D eigenvalue weighted by atomic mass is 16.5. The zero-order valence-electron chi connectivity index (χ0n) is 17.3. The second kappa shape index (κ2) is 9.21. The summed E-state index contributed by atoms with van der Waals surface area (Å²) >= 11 is 0. The summed E-state index contributed by atoms with van der Waals surface area (Å²) in [6.07, 6.45) is 0. The minimum absolute atomic E-state index is 0.194. The molecule has 0 saturated heterocycles. The topological polar surface area (TPSA) is 99.0 Å². The molecule has 30 heavy (non-hydrogen) atoms. The van der Waals surface area contributed by atoms with Crippen molar-refractivity contribution < 1.29 is 28.2 Å². The average molecular weight is 412 g/mol. The summed E-state index contributed by atoms with van der Waals surface area (Å²) in [6, 6.07) is 12.2. The molecular formula is C22H24N2O6. The van der Waals surface area contributed by atoms with E-state index < -0.39 is 5.91 Å². The third kappa shape index (κ3) is 4.48. The van der Waals surface area contributed by atoms with Crippen molar-refractivity contribution in [3.05, 3.63) is 53.8 Å². The average Bonchev–Trinajstić information content (AvgIpc) is 3.20. The molecule has 1 aromatic heterocycles. The molecule has 2 amide bonds. The van der Waals surface area contributed by atoms with Gasteiger partial charge in [-0.3, -0.25) is 9.59 Å². The summed E-state index contributed by atoms with van der Waals surface area (Å²) in [5.41, 5.74) is 1.03. The van der Waals surface area contributed by atoms with E-state index in [-0.39, 0.29) is 24.1 Å². The van der Waals surface area contributed by atoms with E-state index in [1.165, 1.54) is 33.5 Å². The number of carbonyl (C=O) groups excluding carboxylic acids is 2. The number of nitrogens with one attached hydrogen (secondary N) is 2. The molecule has 0 aliphatic heterocycles. The lowest BCUT2D eigenvalue weighted by Crippen LogP contribution is -2.38. The second-order valence-corrected chi connectivity index (χ2v) is 6.57. The highest BCUT2D eigenvalue weighted by molar-refractivity contribution is 5.97. The predicted molar refractivity (Wildman–Crippen MR) is 111 cm³/mol. The van der Waals surface area contributed by atoms with Crippen LogP contribution in [0.2, 0.25) is 0 Å². The Kier molecular flexibility index (Phi) is 6.46. The molecule has 0 bridgehead atoms. The quantitative estimate of drug-likeness (QED) is 0.590. The van der Waals surface area contributed by atoms with E-state index in [0.29, 0.717) is 23.0 Å². The number of furan rings is 1. The normalized spacial score (nSPS) is 11.6. The van der Waals surface area contributed by atoms with Gasteiger partial charge in [0, 0.05) is 10.9 Å². The first kappa shape index (κ1) is 21.0. The Morgan fingerprint density at radius 1 is 1.00 bits per heavy atom. The van der Waals surface area contributed by atoms with E-state index in [2.05, 4.69) is 10.6 Å². The molecule has 158 valence electrons. The molecule has 8 nitrogen and oxygen atoms in total. The van der Waals surface area contributed by atoms with Crippen LogP contribution in [0.5, 0.6) is 17.2 Å². The standard InChI is InChI=1S/C22H24N2O6/c1-13(17-9-14-7-5-6-8-16(14)30-17)24-20(25)12-23-22(26)15-10-18(27-2)21(29-4)19(11-15)28-3/h5-11,13H,12H2,1-4H3,(H,23,26)(H,24,25)/t13-/m1/s1. The number of para-hydroxylation sites is 1. The van der Waals surface area contributed by atoms with Crippen molar-refractivity contribution in [2.45, 2.75) is 13.0 Å². The van der Waals surface area contributed by atoms with Crippen LogP contribution in [0.15, 0.2) is 46.9 Å². The largest absolute Gasteiger partial charge is 0.493 e. The van der Waals surface area contributed by atoms with Gasteiger partial charge in [-0.1, -0.05) is 18.2 Å². The van der Waals surface area contributed by atoms with Crippen LogP contribution >= 0.6 is 0 Å². The van der Waals surface area contributed by atoms with E-state index in [9.17, 15) is 9.59 Å². The summed E-state index contributed by atoms with van der Waals surface area (Å²) < 4.78 is 21.5. The molecule has 0 saturated carbocycles. The maximum absolute atomic E-state index is 12.5.